The molecule has 0 aliphatic heterocycles. The summed E-state index contributed by atoms with van der Waals surface area (Å²) in [5.41, 5.74) is 1.15. The second-order valence-corrected chi connectivity index (χ2v) is 5.20. The van der Waals surface area contributed by atoms with E-state index in [1.54, 1.807) is 0 Å². The highest BCUT2D eigenvalue weighted by molar-refractivity contribution is 7.99. The van der Waals surface area contributed by atoms with Gasteiger partial charge in [-0.05, 0) is 24.7 Å². The van der Waals surface area contributed by atoms with Gasteiger partial charge < -0.3 is 5.32 Å². The number of nitrogens with one attached hydrogen (secondary N) is 1. The van der Waals surface area contributed by atoms with Gasteiger partial charge in [-0.15, -0.1) is 11.8 Å². The van der Waals surface area contributed by atoms with E-state index in [9.17, 15) is 8.78 Å². The van der Waals surface area contributed by atoms with Crippen LogP contribution in [0.15, 0.2) is 53.4 Å². The van der Waals surface area contributed by atoms with Crippen molar-refractivity contribution in [2.24, 2.45) is 0 Å². The van der Waals surface area contributed by atoms with Crippen LogP contribution >= 0.6 is 11.8 Å². The highest BCUT2D eigenvalue weighted by Gasteiger charge is 2.11. The molecule has 100 valence electrons. The predicted molar refractivity (Wildman–Crippen MR) is 75.3 cm³/mol. The molecular weight excluding hydrogens is 264 g/mol. The maximum Gasteiger partial charge on any atom is 0.139 e. The topological polar surface area (TPSA) is 12.0 Å². The first-order valence-corrected chi connectivity index (χ1v) is 6.99. The van der Waals surface area contributed by atoms with Crippen molar-refractivity contribution in [2.75, 3.05) is 12.8 Å². The lowest BCUT2D eigenvalue weighted by Crippen LogP contribution is -2.18. The van der Waals surface area contributed by atoms with E-state index in [-0.39, 0.29) is 6.04 Å². The predicted octanol–water partition coefficient (Wildman–Crippen LogP) is 4.02. The van der Waals surface area contributed by atoms with Gasteiger partial charge in [0.25, 0.3) is 0 Å². The molecule has 0 saturated heterocycles. The van der Waals surface area contributed by atoms with Crippen LogP contribution in [0.3, 0.4) is 0 Å². The Morgan fingerprint density at radius 3 is 2.47 bits per heavy atom. The molecule has 0 amide bonds. The van der Waals surface area contributed by atoms with Gasteiger partial charge in [-0.25, -0.2) is 8.78 Å². The van der Waals surface area contributed by atoms with E-state index in [4.69, 9.17) is 0 Å². The Morgan fingerprint density at radius 2 is 1.84 bits per heavy atom. The number of thioether (sulfide) groups is 1. The number of halogens is 2. The second-order valence-electron chi connectivity index (χ2n) is 4.14. The Labute approximate surface area is 116 Å². The van der Waals surface area contributed by atoms with Gasteiger partial charge in [-0.1, -0.05) is 30.3 Å². The van der Waals surface area contributed by atoms with Crippen molar-refractivity contribution in [1.29, 1.82) is 0 Å². The van der Waals surface area contributed by atoms with Gasteiger partial charge in [0.15, 0.2) is 0 Å². The third-order valence-electron chi connectivity index (χ3n) is 2.85. The zero-order valence-electron chi connectivity index (χ0n) is 10.6. The van der Waals surface area contributed by atoms with Crippen molar-refractivity contribution in [3.63, 3.8) is 0 Å². The standard InChI is InChI=1S/C15H15F2NS/c1-18-14(11-5-3-2-4-6-11)10-19-15-8-7-12(16)9-13(15)17/h2-9,14,18H,10H2,1H3. The van der Waals surface area contributed by atoms with Gasteiger partial charge in [0, 0.05) is 22.8 Å². The zero-order chi connectivity index (χ0) is 13.7. The lowest BCUT2D eigenvalue weighted by atomic mass is 10.1. The summed E-state index contributed by atoms with van der Waals surface area (Å²) in [4.78, 5) is 0.470. The summed E-state index contributed by atoms with van der Waals surface area (Å²) < 4.78 is 26.3. The van der Waals surface area contributed by atoms with Crippen LogP contribution in [0, 0.1) is 11.6 Å². The summed E-state index contributed by atoms with van der Waals surface area (Å²) in [6, 6.07) is 13.8. The SMILES string of the molecule is CNC(CSc1ccc(F)cc1F)c1ccccc1. The Hall–Kier alpha value is -1.39. The maximum atomic E-state index is 13.5. The molecular formula is C15H15F2NS. The largest absolute Gasteiger partial charge is 0.312 e. The number of hydrogen-bond acceptors (Lipinski definition) is 2. The smallest absolute Gasteiger partial charge is 0.139 e. The van der Waals surface area contributed by atoms with E-state index in [0.29, 0.717) is 10.6 Å². The highest BCUT2D eigenvalue weighted by atomic mass is 32.2. The van der Waals surface area contributed by atoms with Gasteiger partial charge in [0.1, 0.15) is 11.6 Å². The molecule has 0 aliphatic rings. The van der Waals surface area contributed by atoms with E-state index < -0.39 is 11.6 Å². The number of hydrogen-bond donors (Lipinski definition) is 1. The summed E-state index contributed by atoms with van der Waals surface area (Å²) in [6.45, 7) is 0. The molecule has 0 radical (unpaired) electrons. The lowest BCUT2D eigenvalue weighted by molar-refractivity contribution is 0.565. The molecule has 0 spiro atoms. The molecule has 2 aromatic rings. The van der Waals surface area contributed by atoms with Crippen LogP contribution in [0.25, 0.3) is 0 Å². The van der Waals surface area contributed by atoms with Gasteiger partial charge in [0.05, 0.1) is 0 Å². The minimum Gasteiger partial charge on any atom is -0.312 e. The van der Waals surface area contributed by atoms with Crippen LogP contribution < -0.4 is 5.32 Å². The lowest BCUT2D eigenvalue weighted by Gasteiger charge is -2.16. The first kappa shape index (κ1) is 14.0. The fourth-order valence-electron chi connectivity index (χ4n) is 1.80. The summed E-state index contributed by atoms with van der Waals surface area (Å²) >= 11 is 1.38. The van der Waals surface area contributed by atoms with Crippen LogP contribution in [0.5, 0.6) is 0 Å². The first-order valence-electron chi connectivity index (χ1n) is 6.01. The van der Waals surface area contributed by atoms with Crippen molar-refractivity contribution in [2.45, 2.75) is 10.9 Å². The molecule has 19 heavy (non-hydrogen) atoms. The minimum atomic E-state index is -0.546. The Kier molecular flexibility index (Phi) is 4.93. The maximum absolute atomic E-state index is 13.5. The second kappa shape index (κ2) is 6.68. The van der Waals surface area contributed by atoms with Crippen molar-refractivity contribution in [3.8, 4) is 0 Å². The van der Waals surface area contributed by atoms with Crippen LogP contribution in [0.1, 0.15) is 11.6 Å². The van der Waals surface area contributed by atoms with Crippen LogP contribution in [0.2, 0.25) is 0 Å². The molecule has 1 atom stereocenters. The third-order valence-corrected chi connectivity index (χ3v) is 3.99. The molecule has 4 heteroatoms. The highest BCUT2D eigenvalue weighted by Crippen LogP contribution is 2.27. The van der Waals surface area contributed by atoms with Crippen molar-refractivity contribution in [1.82, 2.24) is 5.32 Å². The Morgan fingerprint density at radius 1 is 1.11 bits per heavy atom. The average Bonchev–Trinajstić information content (AvgIpc) is 2.43. The van der Waals surface area contributed by atoms with Crippen molar-refractivity contribution < 1.29 is 8.78 Å². The average molecular weight is 279 g/mol. The Balaban J connectivity index is 2.04. The molecule has 0 bridgehead atoms. The van der Waals surface area contributed by atoms with E-state index in [0.717, 1.165) is 11.6 Å². The molecule has 2 aromatic carbocycles. The quantitative estimate of drug-likeness (QED) is 0.830. The fraction of sp³-hybridized carbons (Fsp3) is 0.200. The first-order chi connectivity index (χ1) is 9.20. The zero-order valence-corrected chi connectivity index (χ0v) is 11.4. The molecule has 1 nitrogen and oxygen atoms in total. The minimum absolute atomic E-state index is 0.135. The van der Waals surface area contributed by atoms with Crippen LogP contribution in [0.4, 0.5) is 8.78 Å². The molecule has 2 rings (SSSR count). The monoisotopic (exact) mass is 279 g/mol. The molecule has 0 fully saturated rings. The normalized spacial score (nSPS) is 12.4. The van der Waals surface area contributed by atoms with E-state index in [2.05, 4.69) is 5.32 Å². The fourth-order valence-corrected chi connectivity index (χ4v) is 2.86. The molecule has 0 saturated carbocycles. The van der Waals surface area contributed by atoms with Gasteiger partial charge in [-0.3, -0.25) is 0 Å². The molecule has 0 aliphatic carbocycles. The van der Waals surface area contributed by atoms with Crippen molar-refractivity contribution in [3.05, 3.63) is 65.7 Å². The van der Waals surface area contributed by atoms with Crippen molar-refractivity contribution >= 4 is 11.8 Å². The molecule has 1 unspecified atom stereocenters. The summed E-state index contributed by atoms with van der Waals surface area (Å²) in [7, 11) is 1.87. The number of benzene rings is 2. The molecule has 1 N–H and O–H groups in total. The Bertz CT molecular complexity index is 531. The molecule has 0 heterocycles. The van der Waals surface area contributed by atoms with Crippen LogP contribution in [-0.2, 0) is 0 Å². The van der Waals surface area contributed by atoms with Gasteiger partial charge in [0.2, 0.25) is 0 Å². The van der Waals surface area contributed by atoms with Crippen LogP contribution in [-0.4, -0.2) is 12.8 Å². The van der Waals surface area contributed by atoms with E-state index in [1.807, 2.05) is 37.4 Å². The van der Waals surface area contributed by atoms with E-state index >= 15 is 0 Å². The van der Waals surface area contributed by atoms with Gasteiger partial charge >= 0.3 is 0 Å². The molecule has 0 aromatic heterocycles. The summed E-state index contributed by atoms with van der Waals surface area (Å²) in [5.74, 6) is -0.369. The number of rotatable bonds is 5. The third kappa shape index (κ3) is 3.78. The summed E-state index contributed by atoms with van der Waals surface area (Å²) in [6.07, 6.45) is 0. The van der Waals surface area contributed by atoms with Gasteiger partial charge in [-0.2, -0.15) is 0 Å². The van der Waals surface area contributed by atoms with E-state index in [1.165, 1.54) is 23.9 Å². The summed E-state index contributed by atoms with van der Waals surface area (Å²) in [5, 5.41) is 3.20.